The van der Waals surface area contributed by atoms with Crippen molar-refractivity contribution in [3.05, 3.63) is 24.5 Å². The fraction of sp³-hybridized carbons (Fsp3) is 0.364. The lowest BCUT2D eigenvalue weighted by Crippen LogP contribution is -2.19. The van der Waals surface area contributed by atoms with E-state index >= 15 is 0 Å². The molecule has 0 unspecified atom stereocenters. The number of hydrogen-bond donors (Lipinski definition) is 1. The molecule has 1 aromatic rings. The van der Waals surface area contributed by atoms with Crippen LogP contribution in [0, 0.1) is 0 Å². The fourth-order valence-electron chi connectivity index (χ4n) is 1.61. The van der Waals surface area contributed by atoms with Crippen LogP contribution in [0.5, 0.6) is 0 Å². The third-order valence-electron chi connectivity index (χ3n) is 2.39. The molecule has 84 valence electrons. The zero-order valence-corrected chi connectivity index (χ0v) is 8.97. The van der Waals surface area contributed by atoms with Crippen molar-refractivity contribution in [2.24, 2.45) is 10.8 Å². The van der Waals surface area contributed by atoms with Crippen molar-refractivity contribution in [2.45, 2.75) is 19.3 Å². The summed E-state index contributed by atoms with van der Waals surface area (Å²) in [6.45, 7) is 0.625. The summed E-state index contributed by atoms with van der Waals surface area (Å²) in [6.07, 6.45) is 5.36. The number of nitrogens with zero attached hydrogens (tertiary/aromatic N) is 3. The van der Waals surface area contributed by atoms with Gasteiger partial charge in [-0.25, -0.2) is 0 Å². The van der Waals surface area contributed by atoms with Crippen LogP contribution in [-0.2, 0) is 4.79 Å². The maximum Gasteiger partial charge on any atom is 0.253 e. The Hall–Kier alpha value is -1.75. The van der Waals surface area contributed by atoms with E-state index in [2.05, 4.69) is 10.1 Å². The molecule has 2 rings (SSSR count). The molecule has 0 fully saturated rings. The molecule has 0 radical (unpaired) electrons. The van der Waals surface area contributed by atoms with Crippen molar-refractivity contribution >= 4 is 17.3 Å². The van der Waals surface area contributed by atoms with Crippen molar-refractivity contribution in [3.63, 3.8) is 0 Å². The lowest BCUT2D eigenvalue weighted by atomic mass is 10.1. The second-order valence-electron chi connectivity index (χ2n) is 3.65. The van der Waals surface area contributed by atoms with Crippen LogP contribution in [0.4, 0.5) is 5.69 Å². The Morgan fingerprint density at radius 3 is 3.06 bits per heavy atom. The van der Waals surface area contributed by atoms with Crippen molar-refractivity contribution < 1.29 is 4.79 Å². The maximum absolute atomic E-state index is 11.7. The van der Waals surface area contributed by atoms with Gasteiger partial charge in [0, 0.05) is 11.9 Å². The minimum atomic E-state index is 0.0000198. The Morgan fingerprint density at radius 1 is 1.50 bits per heavy atom. The largest absolute Gasteiger partial charge is 0.330 e. The third kappa shape index (κ3) is 2.25. The van der Waals surface area contributed by atoms with E-state index in [4.69, 9.17) is 5.73 Å². The lowest BCUT2D eigenvalue weighted by molar-refractivity contribution is -0.116. The van der Waals surface area contributed by atoms with Gasteiger partial charge in [0.25, 0.3) is 5.91 Å². The van der Waals surface area contributed by atoms with Gasteiger partial charge in [-0.05, 0) is 31.5 Å². The van der Waals surface area contributed by atoms with E-state index in [1.165, 1.54) is 5.01 Å². The second kappa shape index (κ2) is 4.85. The molecule has 1 aromatic heterocycles. The van der Waals surface area contributed by atoms with Crippen LogP contribution in [0.3, 0.4) is 0 Å². The summed E-state index contributed by atoms with van der Waals surface area (Å²) >= 11 is 0. The molecule has 0 aliphatic carbocycles. The Kier molecular flexibility index (Phi) is 3.26. The highest BCUT2D eigenvalue weighted by molar-refractivity contribution is 6.12. The van der Waals surface area contributed by atoms with Crippen LogP contribution in [0.1, 0.15) is 19.3 Å². The van der Waals surface area contributed by atoms with Crippen molar-refractivity contribution in [1.29, 1.82) is 0 Å². The van der Waals surface area contributed by atoms with Crippen LogP contribution in [0.15, 0.2) is 29.6 Å². The fourth-order valence-corrected chi connectivity index (χ4v) is 1.61. The average molecular weight is 218 g/mol. The minimum Gasteiger partial charge on any atom is -0.330 e. The molecule has 0 saturated carbocycles. The van der Waals surface area contributed by atoms with Gasteiger partial charge in [-0.2, -0.15) is 10.1 Å². The standard InChI is InChI=1S/C11H14N4O/c12-5-1-3-9-7-11(16)15(14-9)10-4-2-6-13-8-10/h2,4,6,8H,1,3,5,7,12H2. The van der Waals surface area contributed by atoms with Crippen molar-refractivity contribution in [3.8, 4) is 0 Å². The zero-order chi connectivity index (χ0) is 11.4. The molecule has 2 N–H and O–H groups in total. The van der Waals surface area contributed by atoms with Gasteiger partial charge in [-0.15, -0.1) is 0 Å². The molecule has 5 heteroatoms. The molecular weight excluding hydrogens is 204 g/mol. The first-order valence-corrected chi connectivity index (χ1v) is 5.30. The SMILES string of the molecule is NCCCC1=NN(c2cccnc2)C(=O)C1. The van der Waals surface area contributed by atoms with Crippen LogP contribution in [-0.4, -0.2) is 23.1 Å². The van der Waals surface area contributed by atoms with E-state index in [-0.39, 0.29) is 5.91 Å². The topological polar surface area (TPSA) is 71.6 Å². The van der Waals surface area contributed by atoms with E-state index < -0.39 is 0 Å². The molecule has 0 spiro atoms. The molecule has 0 atom stereocenters. The normalized spacial score (nSPS) is 15.4. The number of anilines is 1. The summed E-state index contributed by atoms with van der Waals surface area (Å²) in [5.74, 6) is 0.0000198. The number of hydrogen-bond acceptors (Lipinski definition) is 4. The van der Waals surface area contributed by atoms with E-state index in [1.54, 1.807) is 18.5 Å². The highest BCUT2D eigenvalue weighted by Gasteiger charge is 2.24. The number of hydrazone groups is 1. The molecule has 0 saturated heterocycles. The predicted octanol–water partition coefficient (Wildman–Crippen LogP) is 0.913. The van der Waals surface area contributed by atoms with Crippen molar-refractivity contribution in [2.75, 3.05) is 11.6 Å². The molecule has 1 aliphatic rings. The van der Waals surface area contributed by atoms with E-state index in [1.807, 2.05) is 6.07 Å². The Labute approximate surface area is 94.0 Å². The number of carbonyl (C=O) groups is 1. The van der Waals surface area contributed by atoms with Gasteiger partial charge < -0.3 is 5.73 Å². The quantitative estimate of drug-likeness (QED) is 0.816. The summed E-state index contributed by atoms with van der Waals surface area (Å²) in [5.41, 5.74) is 7.04. The predicted molar refractivity (Wildman–Crippen MR) is 62.1 cm³/mol. The number of amides is 1. The second-order valence-corrected chi connectivity index (χ2v) is 3.65. The van der Waals surface area contributed by atoms with Gasteiger partial charge in [0.2, 0.25) is 0 Å². The number of aromatic nitrogens is 1. The summed E-state index contributed by atoms with van der Waals surface area (Å²) in [7, 11) is 0. The molecule has 16 heavy (non-hydrogen) atoms. The lowest BCUT2D eigenvalue weighted by Gasteiger charge is -2.09. The zero-order valence-electron chi connectivity index (χ0n) is 8.97. The molecular formula is C11H14N4O. The van der Waals surface area contributed by atoms with Crippen LogP contribution in [0.2, 0.25) is 0 Å². The van der Waals surface area contributed by atoms with Gasteiger partial charge in [0.1, 0.15) is 0 Å². The van der Waals surface area contributed by atoms with E-state index in [0.29, 0.717) is 13.0 Å². The highest BCUT2D eigenvalue weighted by atomic mass is 16.2. The third-order valence-corrected chi connectivity index (χ3v) is 2.39. The van der Waals surface area contributed by atoms with E-state index in [9.17, 15) is 4.79 Å². The van der Waals surface area contributed by atoms with E-state index in [0.717, 1.165) is 24.2 Å². The maximum atomic E-state index is 11.7. The molecule has 5 nitrogen and oxygen atoms in total. The number of nitrogens with two attached hydrogens (primary N) is 1. The van der Waals surface area contributed by atoms with Gasteiger partial charge in [0.05, 0.1) is 18.3 Å². The highest BCUT2D eigenvalue weighted by Crippen LogP contribution is 2.20. The van der Waals surface area contributed by atoms with Crippen LogP contribution >= 0.6 is 0 Å². The molecule has 1 amide bonds. The average Bonchev–Trinajstić information content (AvgIpc) is 2.69. The Bertz CT molecular complexity index is 402. The smallest absolute Gasteiger partial charge is 0.253 e. The first-order valence-electron chi connectivity index (χ1n) is 5.30. The summed E-state index contributed by atoms with van der Waals surface area (Å²) in [6, 6.07) is 3.61. The first kappa shape index (κ1) is 10.8. The van der Waals surface area contributed by atoms with Gasteiger partial charge in [-0.3, -0.25) is 9.78 Å². The Balaban J connectivity index is 2.11. The molecule has 2 heterocycles. The Morgan fingerprint density at radius 2 is 2.38 bits per heavy atom. The van der Waals surface area contributed by atoms with Gasteiger partial charge >= 0.3 is 0 Å². The number of pyridine rings is 1. The molecule has 1 aliphatic heterocycles. The summed E-state index contributed by atoms with van der Waals surface area (Å²) in [5, 5.41) is 5.70. The number of rotatable bonds is 4. The monoisotopic (exact) mass is 218 g/mol. The van der Waals surface area contributed by atoms with Gasteiger partial charge in [0.15, 0.2) is 0 Å². The van der Waals surface area contributed by atoms with Crippen LogP contribution < -0.4 is 10.7 Å². The summed E-state index contributed by atoms with van der Waals surface area (Å²) in [4.78, 5) is 15.7. The van der Waals surface area contributed by atoms with Gasteiger partial charge in [-0.1, -0.05) is 0 Å². The number of carbonyl (C=O) groups excluding carboxylic acids is 1. The minimum absolute atomic E-state index is 0.0000198. The summed E-state index contributed by atoms with van der Waals surface area (Å²) < 4.78 is 0. The molecule has 0 aromatic carbocycles. The first-order chi connectivity index (χ1) is 7.81. The van der Waals surface area contributed by atoms with Crippen LogP contribution in [0.25, 0.3) is 0 Å². The molecule has 0 bridgehead atoms. The van der Waals surface area contributed by atoms with Crippen molar-refractivity contribution in [1.82, 2.24) is 4.98 Å².